The molecule has 0 saturated carbocycles. The highest BCUT2D eigenvalue weighted by Crippen LogP contribution is 2.26. The van der Waals surface area contributed by atoms with Gasteiger partial charge < -0.3 is 5.32 Å². The summed E-state index contributed by atoms with van der Waals surface area (Å²) in [5.41, 5.74) is -1.09. The molecule has 1 N–H and O–H groups in total. The van der Waals surface area contributed by atoms with Crippen LogP contribution >= 0.6 is 11.6 Å². The number of amides is 1. The van der Waals surface area contributed by atoms with Crippen LogP contribution in [0.1, 0.15) is 40.3 Å². The van der Waals surface area contributed by atoms with Crippen LogP contribution in [-0.4, -0.2) is 20.5 Å². The molecule has 0 atom stereocenters. The van der Waals surface area contributed by atoms with Crippen molar-refractivity contribution >= 4 is 28.8 Å². The molecule has 0 aliphatic heterocycles. The van der Waals surface area contributed by atoms with E-state index in [1.165, 1.54) is 0 Å². The van der Waals surface area contributed by atoms with E-state index >= 15 is 0 Å². The van der Waals surface area contributed by atoms with Gasteiger partial charge in [0, 0.05) is 16.8 Å². The fourth-order valence-electron chi connectivity index (χ4n) is 2.33. The van der Waals surface area contributed by atoms with Crippen molar-refractivity contribution in [3.05, 3.63) is 58.0 Å². The first-order chi connectivity index (χ1) is 12.3. The fraction of sp³-hybridized carbons (Fsp3) is 0.188. The quantitative estimate of drug-likeness (QED) is 0.654. The molecule has 0 bridgehead atoms. The van der Waals surface area contributed by atoms with Crippen molar-refractivity contribution in [1.82, 2.24) is 14.6 Å². The van der Waals surface area contributed by atoms with Crippen LogP contribution in [0.4, 0.5) is 23.2 Å². The van der Waals surface area contributed by atoms with E-state index in [4.69, 9.17) is 11.6 Å². The molecule has 0 saturated heterocycles. The zero-order chi connectivity index (χ0) is 19.0. The van der Waals surface area contributed by atoms with Crippen LogP contribution in [0.15, 0.2) is 30.3 Å². The molecule has 0 radical (unpaired) electrons. The summed E-state index contributed by atoms with van der Waals surface area (Å²) in [6, 6.07) is 6.50. The van der Waals surface area contributed by atoms with Crippen LogP contribution < -0.4 is 5.32 Å². The van der Waals surface area contributed by atoms with Gasteiger partial charge in [-0.2, -0.15) is 5.10 Å². The molecule has 0 aliphatic carbocycles. The highest BCUT2D eigenvalue weighted by Gasteiger charge is 2.22. The van der Waals surface area contributed by atoms with Crippen LogP contribution in [0.25, 0.3) is 5.65 Å². The molecule has 26 heavy (non-hydrogen) atoms. The SMILES string of the molecule is Cc1c(Cl)cccc1NC(=O)c1cc2nc(C(F)F)cc(C(F)F)n2n1. The van der Waals surface area contributed by atoms with E-state index in [0.717, 1.165) is 6.07 Å². The zero-order valence-electron chi connectivity index (χ0n) is 13.2. The molecule has 1 aromatic carbocycles. The van der Waals surface area contributed by atoms with E-state index < -0.39 is 30.1 Å². The van der Waals surface area contributed by atoms with E-state index in [2.05, 4.69) is 15.4 Å². The first kappa shape index (κ1) is 18.1. The lowest BCUT2D eigenvalue weighted by atomic mass is 10.2. The normalized spacial score (nSPS) is 11.5. The van der Waals surface area contributed by atoms with Gasteiger partial charge in [-0.15, -0.1) is 0 Å². The Morgan fingerprint density at radius 2 is 1.92 bits per heavy atom. The molecule has 2 heterocycles. The van der Waals surface area contributed by atoms with Crippen molar-refractivity contribution in [3.63, 3.8) is 0 Å². The lowest BCUT2D eigenvalue weighted by Gasteiger charge is -2.08. The summed E-state index contributed by atoms with van der Waals surface area (Å²) in [6.07, 6.45) is -6.09. The molecule has 10 heteroatoms. The first-order valence-corrected chi connectivity index (χ1v) is 7.69. The topological polar surface area (TPSA) is 59.3 Å². The van der Waals surface area contributed by atoms with Crippen molar-refractivity contribution in [2.45, 2.75) is 19.8 Å². The molecule has 0 spiro atoms. The van der Waals surface area contributed by atoms with E-state index in [9.17, 15) is 22.4 Å². The van der Waals surface area contributed by atoms with Crippen molar-refractivity contribution in [2.24, 2.45) is 0 Å². The smallest absolute Gasteiger partial charge is 0.280 e. The minimum atomic E-state index is -3.07. The molecule has 0 fully saturated rings. The Kier molecular flexibility index (Phi) is 4.82. The highest BCUT2D eigenvalue weighted by atomic mass is 35.5. The molecule has 136 valence electrons. The van der Waals surface area contributed by atoms with Crippen LogP contribution in [0.3, 0.4) is 0 Å². The Morgan fingerprint density at radius 3 is 2.58 bits per heavy atom. The molecule has 0 unspecified atom stereocenters. The minimum absolute atomic E-state index is 0.245. The van der Waals surface area contributed by atoms with Gasteiger partial charge in [0.15, 0.2) is 11.3 Å². The van der Waals surface area contributed by atoms with Crippen LogP contribution in [0.2, 0.25) is 5.02 Å². The Labute approximate surface area is 149 Å². The van der Waals surface area contributed by atoms with E-state index in [1.54, 1.807) is 25.1 Å². The number of nitrogens with one attached hydrogen (secondary N) is 1. The van der Waals surface area contributed by atoms with Crippen molar-refractivity contribution in [3.8, 4) is 0 Å². The average Bonchev–Trinajstić information content (AvgIpc) is 3.02. The number of nitrogens with zero attached hydrogens (tertiary/aromatic N) is 3. The molecule has 3 rings (SSSR count). The first-order valence-electron chi connectivity index (χ1n) is 7.31. The third-order valence-electron chi connectivity index (χ3n) is 3.67. The summed E-state index contributed by atoms with van der Waals surface area (Å²) >= 11 is 5.97. The monoisotopic (exact) mass is 386 g/mol. The molecule has 5 nitrogen and oxygen atoms in total. The summed E-state index contributed by atoms with van der Waals surface area (Å²) in [5.74, 6) is -0.709. The minimum Gasteiger partial charge on any atom is -0.320 e. The number of hydrogen-bond donors (Lipinski definition) is 1. The second-order valence-corrected chi connectivity index (χ2v) is 5.78. The molecule has 0 aliphatic rings. The molecule has 2 aromatic heterocycles. The maximum atomic E-state index is 13.1. The maximum absolute atomic E-state index is 13.1. The van der Waals surface area contributed by atoms with Gasteiger partial charge in [-0.05, 0) is 30.7 Å². The number of anilines is 1. The van der Waals surface area contributed by atoms with Gasteiger partial charge >= 0.3 is 0 Å². The van der Waals surface area contributed by atoms with Gasteiger partial charge in [-0.1, -0.05) is 17.7 Å². The van der Waals surface area contributed by atoms with Gasteiger partial charge in [-0.3, -0.25) is 4.79 Å². The zero-order valence-corrected chi connectivity index (χ0v) is 13.9. The average molecular weight is 387 g/mol. The number of aromatic nitrogens is 3. The fourth-order valence-corrected chi connectivity index (χ4v) is 2.50. The summed E-state index contributed by atoms with van der Waals surface area (Å²) in [4.78, 5) is 15.9. The maximum Gasteiger partial charge on any atom is 0.280 e. The number of halogens is 5. The Hall–Kier alpha value is -2.68. The van der Waals surface area contributed by atoms with Gasteiger partial charge in [0.25, 0.3) is 18.8 Å². The van der Waals surface area contributed by atoms with Gasteiger partial charge in [-0.25, -0.2) is 27.1 Å². The van der Waals surface area contributed by atoms with E-state index in [0.29, 0.717) is 26.9 Å². The predicted molar refractivity (Wildman–Crippen MR) is 87.0 cm³/mol. The molecule has 1 amide bonds. The number of carbonyl (C=O) groups is 1. The number of rotatable bonds is 4. The number of carbonyl (C=O) groups excluding carboxylic acids is 1. The second-order valence-electron chi connectivity index (χ2n) is 5.37. The van der Waals surface area contributed by atoms with E-state index in [-0.39, 0.29) is 11.3 Å². The van der Waals surface area contributed by atoms with Crippen molar-refractivity contribution in [2.75, 3.05) is 5.32 Å². The van der Waals surface area contributed by atoms with Gasteiger partial charge in [0.2, 0.25) is 0 Å². The molecular weight excluding hydrogens is 376 g/mol. The predicted octanol–water partition coefficient (Wildman–Crippen LogP) is 4.82. The standard InChI is InChI=1S/C16H11ClF4N4O/c1-7-8(17)3-2-4-9(7)23-16(26)11-6-13-22-10(14(18)19)5-12(15(20)21)25(13)24-11/h2-6,14-15H,1H3,(H,23,26). The highest BCUT2D eigenvalue weighted by molar-refractivity contribution is 6.31. The van der Waals surface area contributed by atoms with Crippen LogP contribution in [0, 0.1) is 6.92 Å². The third kappa shape index (κ3) is 3.34. The lowest BCUT2D eigenvalue weighted by Crippen LogP contribution is -2.14. The summed E-state index contributed by atoms with van der Waals surface area (Å²) in [5, 5.41) is 6.75. The Bertz CT molecular complexity index is 990. The lowest BCUT2D eigenvalue weighted by molar-refractivity contribution is 0.102. The number of alkyl halides is 4. The Balaban J connectivity index is 2.01. The number of benzene rings is 1. The summed E-state index contributed by atoms with van der Waals surface area (Å²) in [7, 11) is 0. The molecule has 3 aromatic rings. The third-order valence-corrected chi connectivity index (χ3v) is 4.08. The largest absolute Gasteiger partial charge is 0.320 e. The van der Waals surface area contributed by atoms with E-state index in [1.807, 2.05) is 0 Å². The van der Waals surface area contributed by atoms with Crippen molar-refractivity contribution < 1.29 is 22.4 Å². The number of fused-ring (bicyclic) bond motifs is 1. The van der Waals surface area contributed by atoms with Crippen LogP contribution in [0.5, 0.6) is 0 Å². The second kappa shape index (κ2) is 6.91. The van der Waals surface area contributed by atoms with Gasteiger partial charge in [0.1, 0.15) is 11.4 Å². The summed E-state index contributed by atoms with van der Waals surface area (Å²) < 4.78 is 52.7. The van der Waals surface area contributed by atoms with Gasteiger partial charge in [0.05, 0.1) is 0 Å². The summed E-state index contributed by atoms with van der Waals surface area (Å²) in [6.45, 7) is 1.69. The number of hydrogen-bond acceptors (Lipinski definition) is 3. The Morgan fingerprint density at radius 1 is 1.19 bits per heavy atom. The van der Waals surface area contributed by atoms with Crippen molar-refractivity contribution in [1.29, 1.82) is 0 Å². The molecular formula is C16H11ClF4N4O. The van der Waals surface area contributed by atoms with Crippen LogP contribution in [-0.2, 0) is 0 Å².